The highest BCUT2D eigenvalue weighted by Gasteiger charge is 2.15. The zero-order valence-electron chi connectivity index (χ0n) is 9.93. The molecule has 0 aromatic carbocycles. The average molecular weight is 234 g/mol. The van der Waals surface area contributed by atoms with Crippen LogP contribution in [0.15, 0.2) is 12.3 Å². The zero-order valence-corrected chi connectivity index (χ0v) is 9.93. The molecular formula is C11H14N4O2. The number of aromatic nitrogens is 3. The van der Waals surface area contributed by atoms with Crippen LogP contribution in [0.2, 0.25) is 0 Å². The Hall–Kier alpha value is -2.11. The molecule has 0 aliphatic carbocycles. The van der Waals surface area contributed by atoms with Gasteiger partial charge in [0.05, 0.1) is 11.1 Å². The van der Waals surface area contributed by atoms with E-state index >= 15 is 0 Å². The van der Waals surface area contributed by atoms with Crippen molar-refractivity contribution in [3.8, 4) is 0 Å². The van der Waals surface area contributed by atoms with Crippen LogP contribution in [-0.4, -0.2) is 31.9 Å². The predicted octanol–water partition coefficient (Wildman–Crippen LogP) is 1.16. The highest BCUT2D eigenvalue weighted by atomic mass is 16.4. The van der Waals surface area contributed by atoms with Crippen LogP contribution < -0.4 is 5.32 Å². The number of rotatable bonds is 3. The minimum atomic E-state index is -0.892. The van der Waals surface area contributed by atoms with Crippen LogP contribution in [0.1, 0.15) is 12.6 Å². The summed E-state index contributed by atoms with van der Waals surface area (Å²) in [6.45, 7) is 3.47. The van der Waals surface area contributed by atoms with E-state index in [4.69, 9.17) is 5.11 Å². The van der Waals surface area contributed by atoms with Crippen LogP contribution in [0.5, 0.6) is 0 Å². The maximum atomic E-state index is 10.8. The van der Waals surface area contributed by atoms with Crippen LogP contribution in [0.4, 0.5) is 5.69 Å². The molecule has 2 aromatic heterocycles. The Labute approximate surface area is 98.3 Å². The third-order valence-corrected chi connectivity index (χ3v) is 2.64. The number of aryl methyl sites for hydroxylation is 2. The number of hydrogen-bond donors (Lipinski definition) is 2. The lowest BCUT2D eigenvalue weighted by atomic mass is 10.2. The topological polar surface area (TPSA) is 80.0 Å². The van der Waals surface area contributed by atoms with E-state index in [0.717, 1.165) is 22.4 Å². The number of pyridine rings is 1. The molecule has 1 atom stereocenters. The van der Waals surface area contributed by atoms with Gasteiger partial charge in [0.1, 0.15) is 6.04 Å². The van der Waals surface area contributed by atoms with Crippen LogP contribution in [0.25, 0.3) is 11.0 Å². The first-order valence-electron chi connectivity index (χ1n) is 5.28. The second kappa shape index (κ2) is 4.04. The minimum Gasteiger partial charge on any atom is -0.480 e. The van der Waals surface area contributed by atoms with Gasteiger partial charge in [-0.1, -0.05) is 0 Å². The molecule has 2 heterocycles. The lowest BCUT2D eigenvalue weighted by molar-refractivity contribution is -0.137. The van der Waals surface area contributed by atoms with Gasteiger partial charge >= 0.3 is 5.97 Å². The fraction of sp³-hybridized carbons (Fsp3) is 0.364. The van der Waals surface area contributed by atoms with Gasteiger partial charge in [-0.15, -0.1) is 0 Å². The van der Waals surface area contributed by atoms with Crippen molar-refractivity contribution >= 4 is 22.7 Å². The van der Waals surface area contributed by atoms with E-state index in [0.29, 0.717) is 0 Å². The van der Waals surface area contributed by atoms with Crippen molar-refractivity contribution in [2.75, 3.05) is 5.32 Å². The van der Waals surface area contributed by atoms with Crippen LogP contribution >= 0.6 is 0 Å². The van der Waals surface area contributed by atoms with E-state index in [9.17, 15) is 4.79 Å². The molecule has 6 heteroatoms. The number of carbonyl (C=O) groups is 1. The predicted molar refractivity (Wildman–Crippen MR) is 64.0 cm³/mol. The van der Waals surface area contributed by atoms with Gasteiger partial charge in [0.25, 0.3) is 0 Å². The molecular weight excluding hydrogens is 220 g/mol. The standard InChI is InChI=1S/C11H14N4O2/c1-6-9-8(13-7(2)11(16)17)4-5-12-10(9)15(3)14-6/h4-5,7H,1-3H3,(H,12,13)(H,16,17). The third kappa shape index (κ3) is 1.93. The Bertz CT molecular complexity index is 576. The summed E-state index contributed by atoms with van der Waals surface area (Å²) < 4.78 is 1.68. The van der Waals surface area contributed by atoms with Crippen LogP contribution in [0, 0.1) is 6.92 Å². The summed E-state index contributed by atoms with van der Waals surface area (Å²) in [5.41, 5.74) is 2.32. The first-order chi connectivity index (χ1) is 8.00. The summed E-state index contributed by atoms with van der Waals surface area (Å²) in [4.78, 5) is 15.1. The lowest BCUT2D eigenvalue weighted by Gasteiger charge is -2.11. The molecule has 0 bridgehead atoms. The van der Waals surface area contributed by atoms with Gasteiger partial charge in [-0.3, -0.25) is 9.48 Å². The second-order valence-electron chi connectivity index (χ2n) is 3.97. The first-order valence-corrected chi connectivity index (χ1v) is 5.28. The SMILES string of the molecule is Cc1nn(C)c2nccc(NC(C)C(=O)O)c12. The fourth-order valence-electron chi connectivity index (χ4n) is 1.79. The normalized spacial score (nSPS) is 12.6. The van der Waals surface area contributed by atoms with E-state index < -0.39 is 12.0 Å². The maximum absolute atomic E-state index is 10.8. The number of carboxylic acids is 1. The summed E-state index contributed by atoms with van der Waals surface area (Å²) in [6.07, 6.45) is 1.64. The molecule has 17 heavy (non-hydrogen) atoms. The number of aliphatic carboxylic acids is 1. The summed E-state index contributed by atoms with van der Waals surface area (Å²) in [5.74, 6) is -0.892. The summed E-state index contributed by atoms with van der Waals surface area (Å²) in [5, 5.41) is 17.0. The zero-order chi connectivity index (χ0) is 12.6. The Morgan fingerprint density at radius 1 is 1.59 bits per heavy atom. The van der Waals surface area contributed by atoms with Gasteiger partial charge in [-0.25, -0.2) is 4.98 Å². The highest BCUT2D eigenvalue weighted by Crippen LogP contribution is 2.24. The average Bonchev–Trinajstić information content (AvgIpc) is 2.55. The highest BCUT2D eigenvalue weighted by molar-refractivity contribution is 5.93. The van der Waals surface area contributed by atoms with Gasteiger partial charge in [0, 0.05) is 18.9 Å². The van der Waals surface area contributed by atoms with Crippen LogP contribution in [0.3, 0.4) is 0 Å². The first kappa shape index (κ1) is 11.4. The molecule has 0 fully saturated rings. The molecule has 0 aliphatic heterocycles. The molecule has 0 spiro atoms. The Morgan fingerprint density at radius 2 is 2.29 bits per heavy atom. The Kier molecular flexibility index (Phi) is 2.71. The Morgan fingerprint density at radius 3 is 2.94 bits per heavy atom. The Balaban J connectivity index is 2.51. The van der Waals surface area contributed by atoms with Crippen molar-refractivity contribution in [3.05, 3.63) is 18.0 Å². The molecule has 0 saturated carbocycles. The van der Waals surface area contributed by atoms with Crippen molar-refractivity contribution in [3.63, 3.8) is 0 Å². The lowest BCUT2D eigenvalue weighted by Crippen LogP contribution is -2.25. The third-order valence-electron chi connectivity index (χ3n) is 2.64. The minimum absolute atomic E-state index is 0.653. The number of nitrogens with zero attached hydrogens (tertiary/aromatic N) is 3. The van der Waals surface area contributed by atoms with Gasteiger partial charge in [-0.05, 0) is 19.9 Å². The van der Waals surface area contributed by atoms with Crippen molar-refractivity contribution in [2.24, 2.45) is 7.05 Å². The van der Waals surface area contributed by atoms with Crippen molar-refractivity contribution in [1.82, 2.24) is 14.8 Å². The van der Waals surface area contributed by atoms with Crippen molar-refractivity contribution in [1.29, 1.82) is 0 Å². The monoisotopic (exact) mass is 234 g/mol. The maximum Gasteiger partial charge on any atom is 0.325 e. The number of hydrogen-bond acceptors (Lipinski definition) is 4. The van der Waals surface area contributed by atoms with Crippen LogP contribution in [-0.2, 0) is 11.8 Å². The van der Waals surface area contributed by atoms with Gasteiger partial charge < -0.3 is 10.4 Å². The quantitative estimate of drug-likeness (QED) is 0.833. The summed E-state index contributed by atoms with van der Waals surface area (Å²) >= 11 is 0. The van der Waals surface area contributed by atoms with Crippen molar-refractivity contribution in [2.45, 2.75) is 19.9 Å². The number of fused-ring (bicyclic) bond motifs is 1. The molecule has 90 valence electrons. The van der Waals surface area contributed by atoms with Crippen molar-refractivity contribution < 1.29 is 9.90 Å². The fourth-order valence-corrected chi connectivity index (χ4v) is 1.79. The smallest absolute Gasteiger partial charge is 0.325 e. The van der Waals surface area contributed by atoms with E-state index in [2.05, 4.69) is 15.4 Å². The van der Waals surface area contributed by atoms with E-state index in [1.165, 1.54) is 0 Å². The second-order valence-corrected chi connectivity index (χ2v) is 3.97. The number of anilines is 1. The summed E-state index contributed by atoms with van der Waals surface area (Å²) in [6, 6.07) is 1.11. The van der Waals surface area contributed by atoms with Gasteiger partial charge in [-0.2, -0.15) is 5.10 Å². The molecule has 2 N–H and O–H groups in total. The largest absolute Gasteiger partial charge is 0.480 e. The molecule has 0 saturated heterocycles. The molecule has 0 radical (unpaired) electrons. The number of nitrogens with one attached hydrogen (secondary N) is 1. The molecule has 6 nitrogen and oxygen atoms in total. The number of carboxylic acid groups (broad SMARTS) is 1. The molecule has 0 amide bonds. The van der Waals surface area contributed by atoms with E-state index in [-0.39, 0.29) is 0 Å². The summed E-state index contributed by atoms with van der Waals surface area (Å²) in [7, 11) is 1.81. The molecule has 0 aliphatic rings. The molecule has 1 unspecified atom stereocenters. The molecule has 2 rings (SSSR count). The molecule has 2 aromatic rings. The van der Waals surface area contributed by atoms with Gasteiger partial charge in [0.2, 0.25) is 0 Å². The van der Waals surface area contributed by atoms with Gasteiger partial charge in [0.15, 0.2) is 5.65 Å². The van der Waals surface area contributed by atoms with E-state index in [1.807, 2.05) is 14.0 Å². The van der Waals surface area contributed by atoms with E-state index in [1.54, 1.807) is 23.9 Å².